The molecule has 0 amide bonds. The summed E-state index contributed by atoms with van der Waals surface area (Å²) in [5, 5.41) is 0. The Kier molecular flexibility index (Phi) is 4.76. The van der Waals surface area contributed by atoms with Crippen molar-refractivity contribution in [2.24, 2.45) is 0 Å². The normalized spacial score (nSPS) is 11.2. The second-order valence-electron chi connectivity index (χ2n) is 3.96. The van der Waals surface area contributed by atoms with Crippen LogP contribution in [0.5, 0.6) is 5.75 Å². The maximum atomic E-state index is 11.1. The lowest BCUT2D eigenvalue weighted by molar-refractivity contribution is -0.136. The summed E-state index contributed by atoms with van der Waals surface area (Å²) in [6.45, 7) is 6.11. The van der Waals surface area contributed by atoms with Crippen LogP contribution in [0, 0.1) is 13.8 Å². The number of esters is 1. The van der Waals surface area contributed by atoms with Crippen LogP contribution < -0.4 is 4.74 Å². The Morgan fingerprint density at radius 3 is 2.65 bits per heavy atom. The van der Waals surface area contributed by atoms with Crippen molar-refractivity contribution in [1.29, 1.82) is 0 Å². The van der Waals surface area contributed by atoms with E-state index in [0.29, 0.717) is 12.2 Å². The van der Waals surface area contributed by atoms with E-state index >= 15 is 0 Å². The lowest BCUT2D eigenvalue weighted by Gasteiger charge is -2.08. The minimum atomic E-state index is -0.325. The van der Waals surface area contributed by atoms with E-state index in [0.717, 1.165) is 11.3 Å². The topological polar surface area (TPSA) is 35.5 Å². The van der Waals surface area contributed by atoms with Gasteiger partial charge in [0.2, 0.25) is 0 Å². The van der Waals surface area contributed by atoms with Crippen LogP contribution >= 0.6 is 0 Å². The number of methoxy groups -OCH3 is 1. The van der Waals surface area contributed by atoms with Crippen LogP contribution in [0.25, 0.3) is 0 Å². The average molecular weight is 234 g/mol. The number of hydrogen-bond acceptors (Lipinski definition) is 3. The summed E-state index contributed by atoms with van der Waals surface area (Å²) in [5.74, 6) is 0.513. The molecule has 0 bridgehead atoms. The van der Waals surface area contributed by atoms with Crippen LogP contribution in [0.2, 0.25) is 0 Å². The summed E-state index contributed by atoms with van der Waals surface area (Å²) in [6.07, 6.45) is 1.71. The molecule has 0 heterocycles. The van der Waals surface area contributed by atoms with Gasteiger partial charge in [0, 0.05) is 5.57 Å². The van der Waals surface area contributed by atoms with Gasteiger partial charge < -0.3 is 9.47 Å². The Bertz CT molecular complexity index is 433. The minimum absolute atomic E-state index is 0.325. The van der Waals surface area contributed by atoms with Gasteiger partial charge >= 0.3 is 5.97 Å². The molecule has 0 spiro atoms. The van der Waals surface area contributed by atoms with E-state index in [4.69, 9.17) is 4.74 Å². The third-order valence-electron chi connectivity index (χ3n) is 2.47. The summed E-state index contributed by atoms with van der Waals surface area (Å²) in [6, 6.07) is 6.00. The molecule has 0 aliphatic carbocycles. The van der Waals surface area contributed by atoms with Crippen molar-refractivity contribution < 1.29 is 14.3 Å². The van der Waals surface area contributed by atoms with Gasteiger partial charge in [0.05, 0.1) is 7.11 Å². The predicted octanol–water partition coefficient (Wildman–Crippen LogP) is 2.80. The second kappa shape index (κ2) is 6.09. The zero-order chi connectivity index (χ0) is 12.8. The standard InChI is InChI=1S/C14H18O3/c1-10-5-6-13(12(3)9-10)17-8-7-11(2)14(15)16-4/h5-7,9H,8H2,1-4H3. The van der Waals surface area contributed by atoms with E-state index in [9.17, 15) is 4.79 Å². The highest BCUT2D eigenvalue weighted by Gasteiger charge is 2.02. The molecule has 0 atom stereocenters. The van der Waals surface area contributed by atoms with Crippen LogP contribution in [-0.2, 0) is 9.53 Å². The number of carbonyl (C=O) groups is 1. The first-order valence-electron chi connectivity index (χ1n) is 5.49. The number of ether oxygens (including phenoxy) is 2. The van der Waals surface area contributed by atoms with Crippen molar-refractivity contribution in [2.75, 3.05) is 13.7 Å². The van der Waals surface area contributed by atoms with Crippen molar-refractivity contribution in [3.8, 4) is 5.75 Å². The van der Waals surface area contributed by atoms with E-state index in [1.165, 1.54) is 12.7 Å². The fraction of sp³-hybridized carbons (Fsp3) is 0.357. The molecule has 3 heteroatoms. The molecule has 1 aromatic rings. The lowest BCUT2D eigenvalue weighted by Crippen LogP contribution is -2.04. The fourth-order valence-corrected chi connectivity index (χ4v) is 1.46. The molecule has 17 heavy (non-hydrogen) atoms. The summed E-state index contributed by atoms with van der Waals surface area (Å²) in [5.41, 5.74) is 2.85. The maximum Gasteiger partial charge on any atom is 0.333 e. The molecule has 0 aromatic heterocycles. The Morgan fingerprint density at radius 2 is 2.06 bits per heavy atom. The first-order valence-corrected chi connectivity index (χ1v) is 5.49. The highest BCUT2D eigenvalue weighted by atomic mass is 16.5. The number of hydrogen-bond donors (Lipinski definition) is 0. The Labute approximate surface area is 102 Å². The second-order valence-corrected chi connectivity index (χ2v) is 3.96. The van der Waals surface area contributed by atoms with Gasteiger partial charge in [0.15, 0.2) is 0 Å². The molecule has 0 saturated heterocycles. The summed E-state index contributed by atoms with van der Waals surface area (Å²) < 4.78 is 10.2. The zero-order valence-corrected chi connectivity index (χ0v) is 10.7. The number of carbonyl (C=O) groups excluding carboxylic acids is 1. The maximum absolute atomic E-state index is 11.1. The van der Waals surface area contributed by atoms with E-state index < -0.39 is 0 Å². The zero-order valence-electron chi connectivity index (χ0n) is 10.7. The molecule has 0 aliphatic heterocycles. The van der Waals surface area contributed by atoms with Gasteiger partial charge in [0.1, 0.15) is 12.4 Å². The van der Waals surface area contributed by atoms with Crippen molar-refractivity contribution in [2.45, 2.75) is 20.8 Å². The molecular weight excluding hydrogens is 216 g/mol. The van der Waals surface area contributed by atoms with Gasteiger partial charge in [-0.3, -0.25) is 0 Å². The number of benzene rings is 1. The SMILES string of the molecule is COC(=O)C(C)=CCOc1ccc(C)cc1C. The molecule has 3 nitrogen and oxygen atoms in total. The summed E-state index contributed by atoms with van der Waals surface area (Å²) in [7, 11) is 1.37. The van der Waals surface area contributed by atoms with Crippen molar-refractivity contribution in [3.05, 3.63) is 41.0 Å². The fourth-order valence-electron chi connectivity index (χ4n) is 1.46. The minimum Gasteiger partial charge on any atom is -0.489 e. The van der Waals surface area contributed by atoms with Gasteiger partial charge in [-0.25, -0.2) is 4.79 Å². The average Bonchev–Trinajstić information content (AvgIpc) is 2.30. The number of rotatable bonds is 4. The monoisotopic (exact) mass is 234 g/mol. The van der Waals surface area contributed by atoms with Crippen LogP contribution in [0.15, 0.2) is 29.8 Å². The molecule has 0 unspecified atom stereocenters. The van der Waals surface area contributed by atoms with Crippen LogP contribution in [0.1, 0.15) is 18.1 Å². The van der Waals surface area contributed by atoms with Crippen molar-refractivity contribution >= 4 is 5.97 Å². The van der Waals surface area contributed by atoms with Crippen LogP contribution in [-0.4, -0.2) is 19.7 Å². The van der Waals surface area contributed by atoms with E-state index in [1.54, 1.807) is 13.0 Å². The van der Waals surface area contributed by atoms with Crippen LogP contribution in [0.4, 0.5) is 0 Å². The Morgan fingerprint density at radius 1 is 1.35 bits per heavy atom. The van der Waals surface area contributed by atoms with Gasteiger partial charge in [-0.1, -0.05) is 17.7 Å². The molecule has 0 saturated carbocycles. The Hall–Kier alpha value is -1.77. The van der Waals surface area contributed by atoms with E-state index in [1.807, 2.05) is 26.0 Å². The van der Waals surface area contributed by atoms with Gasteiger partial charge in [-0.15, -0.1) is 0 Å². The van der Waals surface area contributed by atoms with E-state index in [-0.39, 0.29) is 5.97 Å². The molecule has 1 aromatic carbocycles. The lowest BCUT2D eigenvalue weighted by atomic mass is 10.1. The first-order chi connectivity index (χ1) is 8.04. The molecule has 0 N–H and O–H groups in total. The van der Waals surface area contributed by atoms with Crippen LogP contribution in [0.3, 0.4) is 0 Å². The highest BCUT2D eigenvalue weighted by Crippen LogP contribution is 2.18. The van der Waals surface area contributed by atoms with Crippen molar-refractivity contribution in [1.82, 2.24) is 0 Å². The number of aryl methyl sites for hydroxylation is 2. The molecular formula is C14H18O3. The summed E-state index contributed by atoms with van der Waals surface area (Å²) >= 11 is 0. The molecule has 1 rings (SSSR count). The van der Waals surface area contributed by atoms with Gasteiger partial charge in [0.25, 0.3) is 0 Å². The smallest absolute Gasteiger partial charge is 0.333 e. The largest absolute Gasteiger partial charge is 0.489 e. The summed E-state index contributed by atoms with van der Waals surface area (Å²) in [4.78, 5) is 11.1. The van der Waals surface area contributed by atoms with Gasteiger partial charge in [-0.05, 0) is 38.5 Å². The van der Waals surface area contributed by atoms with Crippen molar-refractivity contribution in [3.63, 3.8) is 0 Å². The highest BCUT2D eigenvalue weighted by molar-refractivity contribution is 5.87. The predicted molar refractivity (Wildman–Crippen MR) is 67.2 cm³/mol. The quantitative estimate of drug-likeness (QED) is 0.593. The Balaban J connectivity index is 2.59. The molecule has 0 aliphatic rings. The first kappa shape index (κ1) is 13.3. The molecule has 0 fully saturated rings. The molecule has 92 valence electrons. The third kappa shape index (κ3) is 3.94. The van der Waals surface area contributed by atoms with E-state index in [2.05, 4.69) is 10.8 Å². The molecule has 0 radical (unpaired) electrons. The third-order valence-corrected chi connectivity index (χ3v) is 2.47. The van der Waals surface area contributed by atoms with Gasteiger partial charge in [-0.2, -0.15) is 0 Å².